The number of hydrogen-bond acceptors (Lipinski definition) is 3. The molecule has 4 nitrogen and oxygen atoms in total. The fourth-order valence-electron chi connectivity index (χ4n) is 2.32. The van der Waals surface area contributed by atoms with Crippen molar-refractivity contribution in [2.24, 2.45) is 12.0 Å². The largest absolute Gasteiger partial charge is 0.494 e. The van der Waals surface area contributed by atoms with Gasteiger partial charge in [0.2, 0.25) is 5.91 Å². The van der Waals surface area contributed by atoms with Crippen LogP contribution >= 0.6 is 27.3 Å². The van der Waals surface area contributed by atoms with E-state index < -0.39 is 0 Å². The average molecular weight is 405 g/mol. The van der Waals surface area contributed by atoms with Gasteiger partial charge >= 0.3 is 0 Å². The molecule has 0 bridgehead atoms. The highest BCUT2D eigenvalue weighted by atomic mass is 79.9. The lowest BCUT2D eigenvalue weighted by molar-refractivity contribution is -0.118. The molecule has 1 aromatic heterocycles. The van der Waals surface area contributed by atoms with Crippen LogP contribution in [-0.4, -0.2) is 17.1 Å². The summed E-state index contributed by atoms with van der Waals surface area (Å²) in [6.07, 6.45) is 1.02. The average Bonchev–Trinajstić information content (AvgIpc) is 2.88. The highest BCUT2D eigenvalue weighted by molar-refractivity contribution is 9.10. The molecule has 0 spiro atoms. The second-order valence-corrected chi connectivity index (χ2v) is 7.25. The van der Waals surface area contributed by atoms with Crippen LogP contribution in [0.3, 0.4) is 0 Å². The zero-order valence-electron chi connectivity index (χ0n) is 13.2. The predicted octanol–water partition coefficient (Wildman–Crippen LogP) is 4.29. The third kappa shape index (κ3) is 4.13. The molecule has 0 aliphatic heterocycles. The highest BCUT2D eigenvalue weighted by Crippen LogP contribution is 2.18. The molecule has 3 aromatic rings. The number of carbonyl (C=O) groups is 1. The Morgan fingerprint density at radius 1 is 1.25 bits per heavy atom. The number of halogens is 1. The van der Waals surface area contributed by atoms with Crippen molar-refractivity contribution in [2.45, 2.75) is 12.8 Å². The van der Waals surface area contributed by atoms with E-state index in [0.29, 0.717) is 19.4 Å². The van der Waals surface area contributed by atoms with E-state index in [1.54, 1.807) is 0 Å². The van der Waals surface area contributed by atoms with Crippen LogP contribution in [0.15, 0.2) is 58.0 Å². The van der Waals surface area contributed by atoms with Crippen LogP contribution in [-0.2, 0) is 11.8 Å². The Hall–Kier alpha value is -1.92. The van der Waals surface area contributed by atoms with Gasteiger partial charge in [0, 0.05) is 17.9 Å². The molecule has 0 saturated carbocycles. The standard InChI is InChI=1S/C18H17BrN2O2S/c1-21-15-8-2-3-9-16(15)24-18(21)20-17(22)10-5-11-23-14-7-4-6-13(19)12-14/h2-4,6-9,12H,5,10-11H2,1H3. The van der Waals surface area contributed by atoms with E-state index in [1.807, 2.05) is 60.1 Å². The Balaban J connectivity index is 1.58. The molecule has 6 heteroatoms. The van der Waals surface area contributed by atoms with Crippen molar-refractivity contribution >= 4 is 43.4 Å². The maximum absolute atomic E-state index is 12.1. The van der Waals surface area contributed by atoms with Crippen molar-refractivity contribution in [3.8, 4) is 5.75 Å². The molecule has 0 aliphatic rings. The molecule has 0 aliphatic carbocycles. The van der Waals surface area contributed by atoms with E-state index in [1.165, 1.54) is 11.3 Å². The zero-order chi connectivity index (χ0) is 16.9. The first-order valence-corrected chi connectivity index (χ1v) is 9.25. The number of carbonyl (C=O) groups excluding carboxylic acids is 1. The summed E-state index contributed by atoms with van der Waals surface area (Å²) >= 11 is 4.93. The second-order valence-electron chi connectivity index (χ2n) is 5.33. The number of nitrogens with zero attached hydrogens (tertiary/aromatic N) is 2. The first-order valence-electron chi connectivity index (χ1n) is 7.64. The summed E-state index contributed by atoms with van der Waals surface area (Å²) in [6.45, 7) is 0.496. The highest BCUT2D eigenvalue weighted by Gasteiger charge is 2.05. The molecule has 0 saturated heterocycles. The van der Waals surface area contributed by atoms with E-state index in [-0.39, 0.29) is 5.91 Å². The number of amides is 1. The first kappa shape index (κ1) is 16.9. The molecule has 24 heavy (non-hydrogen) atoms. The van der Waals surface area contributed by atoms with Gasteiger partial charge in [0.1, 0.15) is 5.75 Å². The van der Waals surface area contributed by atoms with Crippen LogP contribution in [0, 0.1) is 0 Å². The summed E-state index contributed by atoms with van der Waals surface area (Å²) in [5, 5.41) is 0. The Morgan fingerprint density at radius 3 is 2.88 bits per heavy atom. The Kier molecular flexibility index (Phi) is 5.48. The van der Waals surface area contributed by atoms with E-state index in [4.69, 9.17) is 4.74 Å². The Bertz CT molecular complexity index is 930. The summed E-state index contributed by atoms with van der Waals surface area (Å²) in [6, 6.07) is 15.7. The van der Waals surface area contributed by atoms with E-state index in [9.17, 15) is 4.79 Å². The lowest BCUT2D eigenvalue weighted by Crippen LogP contribution is -2.13. The van der Waals surface area contributed by atoms with Crippen molar-refractivity contribution in [2.75, 3.05) is 6.61 Å². The van der Waals surface area contributed by atoms with Crippen molar-refractivity contribution < 1.29 is 9.53 Å². The third-order valence-electron chi connectivity index (χ3n) is 3.53. The molecule has 0 unspecified atom stereocenters. The molecule has 3 rings (SSSR count). The van der Waals surface area contributed by atoms with Gasteiger partial charge in [-0.25, -0.2) is 0 Å². The van der Waals surface area contributed by atoms with Gasteiger partial charge in [-0.05, 0) is 36.8 Å². The Morgan fingerprint density at radius 2 is 2.08 bits per heavy atom. The van der Waals surface area contributed by atoms with Gasteiger partial charge in [-0.15, -0.1) is 0 Å². The summed E-state index contributed by atoms with van der Waals surface area (Å²) < 4.78 is 9.69. The van der Waals surface area contributed by atoms with Crippen molar-refractivity contribution in [3.63, 3.8) is 0 Å². The number of benzene rings is 2. The fraction of sp³-hybridized carbons (Fsp3) is 0.222. The molecular formula is C18H17BrN2O2S. The molecule has 0 fully saturated rings. The minimum atomic E-state index is -0.116. The van der Waals surface area contributed by atoms with Gasteiger partial charge in [0.15, 0.2) is 4.80 Å². The normalized spacial score (nSPS) is 11.8. The maximum Gasteiger partial charge on any atom is 0.248 e. The minimum Gasteiger partial charge on any atom is -0.494 e. The van der Waals surface area contributed by atoms with Gasteiger partial charge in [-0.3, -0.25) is 4.79 Å². The Labute approximate surface area is 152 Å². The number of fused-ring (bicyclic) bond motifs is 1. The van der Waals surface area contributed by atoms with Crippen molar-refractivity contribution in [3.05, 3.63) is 57.8 Å². The number of aryl methyl sites for hydroxylation is 1. The minimum absolute atomic E-state index is 0.116. The van der Waals surface area contributed by atoms with Crippen LogP contribution in [0.2, 0.25) is 0 Å². The quantitative estimate of drug-likeness (QED) is 0.595. The molecule has 0 radical (unpaired) electrons. The first-order chi connectivity index (χ1) is 11.6. The second kappa shape index (κ2) is 7.77. The molecule has 2 aromatic carbocycles. The predicted molar refractivity (Wildman–Crippen MR) is 100 cm³/mol. The number of aromatic nitrogens is 1. The van der Waals surface area contributed by atoms with Crippen LogP contribution in [0.25, 0.3) is 10.2 Å². The van der Waals surface area contributed by atoms with E-state index in [0.717, 1.165) is 25.2 Å². The van der Waals surface area contributed by atoms with E-state index in [2.05, 4.69) is 20.9 Å². The van der Waals surface area contributed by atoms with Gasteiger partial charge < -0.3 is 9.30 Å². The van der Waals surface area contributed by atoms with Gasteiger partial charge in [0.05, 0.1) is 16.8 Å². The SMILES string of the molecule is Cn1c(=NC(=O)CCCOc2cccc(Br)c2)sc2ccccc21. The lowest BCUT2D eigenvalue weighted by atomic mass is 10.3. The molecule has 1 amide bonds. The summed E-state index contributed by atoms with van der Waals surface area (Å²) in [4.78, 5) is 17.0. The van der Waals surface area contributed by atoms with Crippen molar-refractivity contribution in [1.82, 2.24) is 4.57 Å². The van der Waals surface area contributed by atoms with Crippen LogP contribution < -0.4 is 9.54 Å². The monoisotopic (exact) mass is 404 g/mol. The molecule has 1 heterocycles. The number of hydrogen-bond donors (Lipinski definition) is 0. The molecular weight excluding hydrogens is 388 g/mol. The number of thiazole rings is 1. The van der Waals surface area contributed by atoms with Crippen LogP contribution in [0.4, 0.5) is 0 Å². The lowest BCUT2D eigenvalue weighted by Gasteiger charge is -2.05. The van der Waals surface area contributed by atoms with E-state index >= 15 is 0 Å². The summed E-state index contributed by atoms with van der Waals surface area (Å²) in [5.41, 5.74) is 1.09. The molecule has 0 N–H and O–H groups in total. The number of para-hydroxylation sites is 1. The summed E-state index contributed by atoms with van der Waals surface area (Å²) in [5.74, 6) is 0.680. The van der Waals surface area contributed by atoms with Crippen LogP contribution in [0.5, 0.6) is 5.75 Å². The number of ether oxygens (including phenoxy) is 1. The maximum atomic E-state index is 12.1. The fourth-order valence-corrected chi connectivity index (χ4v) is 3.73. The molecule has 0 atom stereocenters. The smallest absolute Gasteiger partial charge is 0.248 e. The zero-order valence-corrected chi connectivity index (χ0v) is 15.6. The topological polar surface area (TPSA) is 43.6 Å². The van der Waals surface area contributed by atoms with Gasteiger partial charge in [0.25, 0.3) is 0 Å². The van der Waals surface area contributed by atoms with Crippen molar-refractivity contribution in [1.29, 1.82) is 0 Å². The summed E-state index contributed by atoms with van der Waals surface area (Å²) in [7, 11) is 1.93. The van der Waals surface area contributed by atoms with Gasteiger partial charge in [-0.2, -0.15) is 4.99 Å². The number of rotatable bonds is 5. The third-order valence-corrected chi connectivity index (χ3v) is 5.14. The molecule has 124 valence electrons. The van der Waals surface area contributed by atoms with Gasteiger partial charge in [-0.1, -0.05) is 45.5 Å². The van der Waals surface area contributed by atoms with Crippen LogP contribution in [0.1, 0.15) is 12.8 Å².